The van der Waals surface area contributed by atoms with Gasteiger partial charge in [-0.3, -0.25) is 9.36 Å². The third kappa shape index (κ3) is 1.60. The van der Waals surface area contributed by atoms with Gasteiger partial charge < -0.3 is 0 Å². The second-order valence-corrected chi connectivity index (χ2v) is 6.75. The van der Waals surface area contributed by atoms with Gasteiger partial charge >= 0.3 is 0 Å². The molecule has 1 spiro atoms. The highest BCUT2D eigenvalue weighted by Crippen LogP contribution is 2.51. The smallest absolute Gasteiger partial charge is 0.280 e. The molecule has 5 rings (SSSR count). The SMILES string of the molecule is O=c1nc2n(c3ccccc13)-c1ccccc1C21CCCCC1. The zero-order valence-corrected chi connectivity index (χ0v) is 13.0. The molecule has 3 nitrogen and oxygen atoms in total. The van der Waals surface area contributed by atoms with Crippen molar-refractivity contribution in [2.45, 2.75) is 37.5 Å². The van der Waals surface area contributed by atoms with E-state index in [-0.39, 0.29) is 11.0 Å². The molecule has 3 aromatic rings. The predicted octanol–water partition coefficient (Wildman–Crippen LogP) is 3.95. The molecule has 1 fully saturated rings. The number of nitrogens with zero attached hydrogens (tertiary/aromatic N) is 2. The van der Waals surface area contributed by atoms with Crippen molar-refractivity contribution in [2.24, 2.45) is 0 Å². The Labute approximate surface area is 134 Å². The first kappa shape index (κ1) is 13.1. The Balaban J connectivity index is 1.96. The fraction of sp³-hybridized carbons (Fsp3) is 0.300. The number of aromatic nitrogens is 2. The summed E-state index contributed by atoms with van der Waals surface area (Å²) in [4.78, 5) is 17.2. The number of hydrogen-bond acceptors (Lipinski definition) is 2. The van der Waals surface area contributed by atoms with Gasteiger partial charge in [0.1, 0.15) is 5.82 Å². The van der Waals surface area contributed by atoms with Gasteiger partial charge in [0.15, 0.2) is 0 Å². The molecule has 1 aliphatic carbocycles. The lowest BCUT2D eigenvalue weighted by Crippen LogP contribution is -2.32. The van der Waals surface area contributed by atoms with E-state index in [9.17, 15) is 4.79 Å². The maximum atomic E-state index is 12.6. The molecule has 0 N–H and O–H groups in total. The average molecular weight is 302 g/mol. The van der Waals surface area contributed by atoms with Crippen molar-refractivity contribution in [1.82, 2.24) is 9.55 Å². The van der Waals surface area contributed by atoms with Crippen LogP contribution in [-0.2, 0) is 5.41 Å². The lowest BCUT2D eigenvalue weighted by atomic mass is 9.70. The first-order valence-electron chi connectivity index (χ1n) is 8.43. The van der Waals surface area contributed by atoms with Crippen LogP contribution in [-0.4, -0.2) is 9.55 Å². The fourth-order valence-electron chi connectivity index (χ4n) is 4.58. The van der Waals surface area contributed by atoms with E-state index >= 15 is 0 Å². The van der Waals surface area contributed by atoms with Gasteiger partial charge in [-0.1, -0.05) is 49.6 Å². The van der Waals surface area contributed by atoms with Crippen LogP contribution in [0.3, 0.4) is 0 Å². The van der Waals surface area contributed by atoms with Crippen molar-refractivity contribution < 1.29 is 0 Å². The number of fused-ring (bicyclic) bond motifs is 7. The third-order valence-corrected chi connectivity index (χ3v) is 5.59. The van der Waals surface area contributed by atoms with Gasteiger partial charge in [-0.2, -0.15) is 4.98 Å². The van der Waals surface area contributed by atoms with E-state index in [0.717, 1.165) is 24.2 Å². The second kappa shape index (κ2) is 4.54. The van der Waals surface area contributed by atoms with Crippen molar-refractivity contribution in [1.29, 1.82) is 0 Å². The Morgan fingerprint density at radius 1 is 0.913 bits per heavy atom. The largest absolute Gasteiger partial charge is 0.297 e. The molecule has 3 heteroatoms. The molecule has 1 aromatic heterocycles. The molecular weight excluding hydrogens is 284 g/mol. The van der Waals surface area contributed by atoms with E-state index in [4.69, 9.17) is 0 Å². The Bertz CT molecular complexity index is 980. The van der Waals surface area contributed by atoms with Crippen LogP contribution in [0.15, 0.2) is 53.3 Å². The van der Waals surface area contributed by atoms with E-state index in [1.54, 1.807) is 0 Å². The molecule has 0 saturated heterocycles. The van der Waals surface area contributed by atoms with Gasteiger partial charge in [-0.15, -0.1) is 0 Å². The van der Waals surface area contributed by atoms with Gasteiger partial charge in [-0.25, -0.2) is 0 Å². The van der Waals surface area contributed by atoms with Crippen LogP contribution in [0.25, 0.3) is 16.6 Å². The summed E-state index contributed by atoms with van der Waals surface area (Å²) >= 11 is 0. The summed E-state index contributed by atoms with van der Waals surface area (Å²) in [7, 11) is 0. The number of rotatable bonds is 0. The Morgan fingerprint density at radius 3 is 2.52 bits per heavy atom. The molecule has 0 unspecified atom stereocenters. The quantitative estimate of drug-likeness (QED) is 0.630. The van der Waals surface area contributed by atoms with Crippen molar-refractivity contribution in [3.8, 4) is 5.69 Å². The van der Waals surface area contributed by atoms with E-state index in [0.29, 0.717) is 5.39 Å². The fourth-order valence-corrected chi connectivity index (χ4v) is 4.58. The van der Waals surface area contributed by atoms with Crippen LogP contribution >= 0.6 is 0 Å². The topological polar surface area (TPSA) is 34.9 Å². The minimum Gasteiger partial charge on any atom is -0.297 e. The average Bonchev–Trinajstić information content (AvgIpc) is 2.87. The monoisotopic (exact) mass is 302 g/mol. The van der Waals surface area contributed by atoms with Crippen LogP contribution in [0, 0.1) is 0 Å². The number of para-hydroxylation sites is 2. The summed E-state index contributed by atoms with van der Waals surface area (Å²) < 4.78 is 2.23. The maximum Gasteiger partial charge on any atom is 0.280 e. The van der Waals surface area contributed by atoms with Crippen LogP contribution in [0.1, 0.15) is 43.5 Å². The Morgan fingerprint density at radius 2 is 1.65 bits per heavy atom. The van der Waals surface area contributed by atoms with Crippen LogP contribution in [0.4, 0.5) is 0 Å². The van der Waals surface area contributed by atoms with E-state index < -0.39 is 0 Å². The summed E-state index contributed by atoms with van der Waals surface area (Å²) in [5.74, 6) is 0.960. The van der Waals surface area contributed by atoms with Gasteiger partial charge in [0, 0.05) is 0 Å². The standard InChI is InChI=1S/C20H18N2O/c23-18-14-8-2-4-10-16(14)22-17-11-5-3-9-15(17)20(19(22)21-18)12-6-1-7-13-20/h2-5,8-11H,1,6-7,12-13H2. The lowest BCUT2D eigenvalue weighted by Gasteiger charge is -2.33. The molecule has 2 aliphatic rings. The van der Waals surface area contributed by atoms with Crippen molar-refractivity contribution in [3.63, 3.8) is 0 Å². The van der Waals surface area contributed by atoms with Crippen molar-refractivity contribution in [3.05, 3.63) is 70.3 Å². The highest BCUT2D eigenvalue weighted by Gasteiger charge is 2.46. The highest BCUT2D eigenvalue weighted by atomic mass is 16.1. The normalized spacial score (nSPS) is 18.1. The molecule has 0 bridgehead atoms. The summed E-state index contributed by atoms with van der Waals surface area (Å²) in [5, 5.41) is 0.707. The summed E-state index contributed by atoms with van der Waals surface area (Å²) in [6.07, 6.45) is 5.87. The lowest BCUT2D eigenvalue weighted by molar-refractivity contribution is 0.339. The van der Waals surface area contributed by atoms with E-state index in [1.807, 2.05) is 24.3 Å². The molecule has 0 amide bonds. The minimum absolute atomic E-state index is 0.0714. The van der Waals surface area contributed by atoms with Crippen molar-refractivity contribution >= 4 is 10.9 Å². The van der Waals surface area contributed by atoms with Crippen LogP contribution < -0.4 is 5.56 Å². The third-order valence-electron chi connectivity index (χ3n) is 5.59. The first-order valence-corrected chi connectivity index (χ1v) is 8.43. The minimum atomic E-state index is -0.0930. The molecule has 0 atom stereocenters. The molecule has 1 saturated carbocycles. The molecule has 23 heavy (non-hydrogen) atoms. The summed E-state index contributed by atoms with van der Waals surface area (Å²) in [5.41, 5.74) is 3.37. The molecule has 1 aliphatic heterocycles. The molecule has 0 radical (unpaired) electrons. The molecule has 2 aromatic carbocycles. The maximum absolute atomic E-state index is 12.6. The zero-order chi connectivity index (χ0) is 15.4. The Kier molecular flexibility index (Phi) is 2.58. The molecule has 2 heterocycles. The summed E-state index contributed by atoms with van der Waals surface area (Å²) in [6.45, 7) is 0. The van der Waals surface area contributed by atoms with Gasteiger partial charge in [0.05, 0.1) is 22.0 Å². The van der Waals surface area contributed by atoms with Crippen LogP contribution in [0.2, 0.25) is 0 Å². The second-order valence-electron chi connectivity index (χ2n) is 6.75. The van der Waals surface area contributed by atoms with Gasteiger partial charge in [0.25, 0.3) is 5.56 Å². The van der Waals surface area contributed by atoms with Gasteiger partial charge in [0.2, 0.25) is 0 Å². The highest BCUT2D eigenvalue weighted by molar-refractivity contribution is 5.82. The predicted molar refractivity (Wildman–Crippen MR) is 91.2 cm³/mol. The summed E-state index contributed by atoms with van der Waals surface area (Å²) in [6, 6.07) is 16.4. The van der Waals surface area contributed by atoms with E-state index in [2.05, 4.69) is 33.8 Å². The molecular formula is C20H18N2O. The first-order chi connectivity index (χ1) is 11.3. The van der Waals surface area contributed by atoms with Gasteiger partial charge in [-0.05, 0) is 36.6 Å². The van der Waals surface area contributed by atoms with E-state index in [1.165, 1.54) is 30.5 Å². The molecule has 114 valence electrons. The number of hydrogen-bond donors (Lipinski definition) is 0. The Hall–Kier alpha value is -2.42. The zero-order valence-electron chi connectivity index (χ0n) is 13.0. The van der Waals surface area contributed by atoms with Crippen LogP contribution in [0.5, 0.6) is 0 Å². The number of benzene rings is 2. The van der Waals surface area contributed by atoms with Crippen molar-refractivity contribution in [2.75, 3.05) is 0 Å².